The maximum Gasteiger partial charge on any atom is 0.257 e. The van der Waals surface area contributed by atoms with Crippen LogP contribution in [0.5, 0.6) is 0 Å². The average Bonchev–Trinajstić information content (AvgIpc) is 2.28. The van der Waals surface area contributed by atoms with Crippen molar-refractivity contribution in [1.29, 1.82) is 0 Å². The van der Waals surface area contributed by atoms with Gasteiger partial charge in [0.15, 0.2) is 0 Å². The summed E-state index contributed by atoms with van der Waals surface area (Å²) in [5.74, 6) is 0.333. The van der Waals surface area contributed by atoms with E-state index in [1.807, 2.05) is 24.8 Å². The first-order valence-electron chi connectivity index (χ1n) is 5.83. The maximum atomic E-state index is 12.3. The van der Waals surface area contributed by atoms with Crippen molar-refractivity contribution in [3.63, 3.8) is 0 Å². The van der Waals surface area contributed by atoms with E-state index in [1.54, 1.807) is 0 Å². The Bertz CT molecular complexity index is 415. The summed E-state index contributed by atoms with van der Waals surface area (Å²) in [5.41, 5.74) is 8.15. The van der Waals surface area contributed by atoms with Gasteiger partial charge in [-0.3, -0.25) is 4.79 Å². The van der Waals surface area contributed by atoms with E-state index in [4.69, 9.17) is 5.73 Å². The summed E-state index contributed by atoms with van der Waals surface area (Å²) in [6.07, 6.45) is 0. The zero-order valence-corrected chi connectivity index (χ0v) is 10.3. The van der Waals surface area contributed by atoms with Gasteiger partial charge in [-0.2, -0.15) is 0 Å². The van der Waals surface area contributed by atoms with Gasteiger partial charge in [-0.25, -0.2) is 4.98 Å². The number of aromatic nitrogens is 1. The van der Waals surface area contributed by atoms with E-state index in [-0.39, 0.29) is 5.91 Å². The second kappa shape index (κ2) is 4.71. The first kappa shape index (κ1) is 11.9. The summed E-state index contributed by atoms with van der Waals surface area (Å²) in [4.78, 5) is 18.3. The van der Waals surface area contributed by atoms with Gasteiger partial charge in [-0.05, 0) is 25.5 Å². The van der Waals surface area contributed by atoms with Gasteiger partial charge in [0.1, 0.15) is 5.82 Å². The van der Waals surface area contributed by atoms with Crippen LogP contribution in [0.2, 0.25) is 0 Å². The van der Waals surface area contributed by atoms with Crippen LogP contribution in [0.3, 0.4) is 0 Å². The number of hydrogen-bond donors (Lipinski definition) is 2. The number of nitrogens with zero attached hydrogens (tertiary/aromatic N) is 2. The number of nitrogens with one attached hydrogen (secondary N) is 1. The number of anilines is 1. The monoisotopic (exact) mass is 234 g/mol. The molecule has 5 nitrogen and oxygen atoms in total. The molecule has 0 radical (unpaired) electrons. The van der Waals surface area contributed by atoms with Crippen molar-refractivity contribution in [2.45, 2.75) is 13.8 Å². The number of rotatable bonds is 1. The molecule has 0 spiro atoms. The number of nitrogen functional groups attached to an aromatic ring is 1. The molecule has 0 atom stereocenters. The summed E-state index contributed by atoms with van der Waals surface area (Å²) in [7, 11) is 0. The molecule has 92 valence electrons. The van der Waals surface area contributed by atoms with E-state index in [0.717, 1.165) is 37.4 Å². The Labute approximate surface area is 101 Å². The molecule has 0 unspecified atom stereocenters. The highest BCUT2D eigenvalue weighted by molar-refractivity contribution is 5.99. The van der Waals surface area contributed by atoms with Gasteiger partial charge >= 0.3 is 0 Å². The summed E-state index contributed by atoms with van der Waals surface area (Å²) in [5, 5.41) is 3.22. The molecule has 1 aromatic rings. The lowest BCUT2D eigenvalue weighted by Gasteiger charge is -2.28. The van der Waals surface area contributed by atoms with Crippen LogP contribution in [0, 0.1) is 13.8 Å². The van der Waals surface area contributed by atoms with Gasteiger partial charge in [0.25, 0.3) is 5.91 Å². The molecule has 1 aromatic heterocycles. The fourth-order valence-electron chi connectivity index (χ4n) is 2.17. The lowest BCUT2D eigenvalue weighted by Crippen LogP contribution is -2.46. The molecule has 3 N–H and O–H groups in total. The SMILES string of the molecule is Cc1cc(C)c(C(=O)N2CCNCC2)c(N)n1. The largest absolute Gasteiger partial charge is 0.383 e. The zero-order valence-electron chi connectivity index (χ0n) is 10.3. The smallest absolute Gasteiger partial charge is 0.257 e. The second-order valence-corrected chi connectivity index (χ2v) is 4.38. The minimum absolute atomic E-state index is 0.00556. The van der Waals surface area contributed by atoms with Gasteiger partial charge in [0, 0.05) is 31.9 Å². The minimum atomic E-state index is -0.00556. The topological polar surface area (TPSA) is 71.2 Å². The molecule has 0 saturated carbocycles. The third-order valence-corrected chi connectivity index (χ3v) is 2.99. The van der Waals surface area contributed by atoms with E-state index >= 15 is 0 Å². The fourth-order valence-corrected chi connectivity index (χ4v) is 2.17. The predicted octanol–water partition coefficient (Wildman–Crippen LogP) is 0.326. The van der Waals surface area contributed by atoms with Crippen molar-refractivity contribution in [1.82, 2.24) is 15.2 Å². The van der Waals surface area contributed by atoms with Crippen LogP contribution in [0.4, 0.5) is 5.82 Å². The second-order valence-electron chi connectivity index (χ2n) is 4.38. The third kappa shape index (κ3) is 2.39. The van der Waals surface area contributed by atoms with Crippen LogP contribution in [-0.4, -0.2) is 42.0 Å². The van der Waals surface area contributed by atoms with Crippen molar-refractivity contribution in [2.75, 3.05) is 31.9 Å². The van der Waals surface area contributed by atoms with Gasteiger partial charge in [0.05, 0.1) is 5.56 Å². The number of carbonyl (C=O) groups is 1. The minimum Gasteiger partial charge on any atom is -0.383 e. The van der Waals surface area contributed by atoms with Gasteiger partial charge in [-0.1, -0.05) is 0 Å². The summed E-state index contributed by atoms with van der Waals surface area (Å²) < 4.78 is 0. The molecule has 1 aliphatic heterocycles. The molecule has 0 bridgehead atoms. The van der Waals surface area contributed by atoms with Gasteiger partial charge in [-0.15, -0.1) is 0 Å². The molecular weight excluding hydrogens is 216 g/mol. The van der Waals surface area contributed by atoms with Crippen LogP contribution in [0.1, 0.15) is 21.6 Å². The van der Waals surface area contributed by atoms with E-state index in [0.29, 0.717) is 11.4 Å². The Morgan fingerprint density at radius 1 is 1.41 bits per heavy atom. The normalized spacial score (nSPS) is 16.0. The number of aryl methyl sites for hydroxylation is 2. The molecule has 0 aromatic carbocycles. The van der Waals surface area contributed by atoms with Crippen molar-refractivity contribution in [2.24, 2.45) is 0 Å². The van der Waals surface area contributed by atoms with E-state index in [1.165, 1.54) is 0 Å². The highest BCUT2D eigenvalue weighted by Crippen LogP contribution is 2.18. The molecule has 2 rings (SSSR count). The Morgan fingerprint density at radius 3 is 2.65 bits per heavy atom. The average molecular weight is 234 g/mol. The number of amides is 1. The molecular formula is C12H18N4O. The molecule has 1 saturated heterocycles. The van der Waals surface area contributed by atoms with Crippen LogP contribution >= 0.6 is 0 Å². The van der Waals surface area contributed by atoms with Crippen molar-refractivity contribution in [3.05, 3.63) is 22.9 Å². The van der Waals surface area contributed by atoms with Gasteiger partial charge < -0.3 is 16.0 Å². The van der Waals surface area contributed by atoms with Crippen LogP contribution in [-0.2, 0) is 0 Å². The van der Waals surface area contributed by atoms with Crippen LogP contribution in [0.15, 0.2) is 6.07 Å². The lowest BCUT2D eigenvalue weighted by molar-refractivity contribution is 0.0736. The van der Waals surface area contributed by atoms with Crippen LogP contribution < -0.4 is 11.1 Å². The molecule has 1 fully saturated rings. The maximum absolute atomic E-state index is 12.3. The summed E-state index contributed by atoms with van der Waals surface area (Å²) >= 11 is 0. The predicted molar refractivity (Wildman–Crippen MR) is 66.9 cm³/mol. The van der Waals surface area contributed by atoms with Crippen LogP contribution in [0.25, 0.3) is 0 Å². The van der Waals surface area contributed by atoms with Crippen molar-refractivity contribution >= 4 is 11.7 Å². The van der Waals surface area contributed by atoms with E-state index in [9.17, 15) is 4.79 Å². The van der Waals surface area contributed by atoms with Gasteiger partial charge in [0.2, 0.25) is 0 Å². The van der Waals surface area contributed by atoms with E-state index in [2.05, 4.69) is 10.3 Å². The molecule has 1 aliphatic rings. The number of carbonyl (C=O) groups excluding carboxylic acids is 1. The molecule has 1 amide bonds. The number of pyridine rings is 1. The summed E-state index contributed by atoms with van der Waals surface area (Å²) in [6, 6.07) is 1.89. The standard InChI is InChI=1S/C12H18N4O/c1-8-7-9(2)15-11(13)10(8)12(17)16-5-3-14-4-6-16/h7,14H,3-6H2,1-2H3,(H2,13,15). The Balaban J connectivity index is 2.30. The quantitative estimate of drug-likeness (QED) is 0.734. The fraction of sp³-hybridized carbons (Fsp3) is 0.500. The first-order valence-corrected chi connectivity index (χ1v) is 5.83. The molecule has 2 heterocycles. The Hall–Kier alpha value is -1.62. The van der Waals surface area contributed by atoms with E-state index < -0.39 is 0 Å². The number of nitrogens with two attached hydrogens (primary N) is 1. The number of hydrogen-bond acceptors (Lipinski definition) is 4. The third-order valence-electron chi connectivity index (χ3n) is 2.99. The summed E-state index contributed by atoms with van der Waals surface area (Å²) in [6.45, 7) is 6.91. The van der Waals surface area contributed by atoms with Crippen molar-refractivity contribution < 1.29 is 4.79 Å². The molecule has 0 aliphatic carbocycles. The Morgan fingerprint density at radius 2 is 2.06 bits per heavy atom. The highest BCUT2D eigenvalue weighted by Gasteiger charge is 2.22. The zero-order chi connectivity index (χ0) is 12.4. The van der Waals surface area contributed by atoms with Crippen molar-refractivity contribution in [3.8, 4) is 0 Å². The first-order chi connectivity index (χ1) is 8.09. The highest BCUT2D eigenvalue weighted by atomic mass is 16.2. The molecule has 5 heteroatoms. The molecule has 17 heavy (non-hydrogen) atoms. The Kier molecular flexibility index (Phi) is 3.28. The lowest BCUT2D eigenvalue weighted by atomic mass is 10.1. The number of piperazine rings is 1.